The molecule has 5 heteroatoms. The highest BCUT2D eigenvalue weighted by atomic mass is 32.1. The van der Waals surface area contributed by atoms with Crippen molar-refractivity contribution in [2.24, 2.45) is 5.73 Å². The van der Waals surface area contributed by atoms with Crippen LogP contribution in [0.25, 0.3) is 0 Å². The Morgan fingerprint density at radius 1 is 1.24 bits per heavy atom. The van der Waals surface area contributed by atoms with E-state index in [1.54, 1.807) is 11.3 Å². The van der Waals surface area contributed by atoms with E-state index >= 15 is 0 Å². The van der Waals surface area contributed by atoms with Crippen molar-refractivity contribution in [1.29, 1.82) is 0 Å². The fraction of sp³-hybridized carbons (Fsp3) is 0.438. The topological polar surface area (TPSA) is 57.4 Å². The molecule has 0 amide bonds. The van der Waals surface area contributed by atoms with Crippen LogP contribution in [-0.4, -0.2) is 11.6 Å². The lowest BCUT2D eigenvalue weighted by Gasteiger charge is -2.10. The molecule has 112 valence electrons. The fourth-order valence-electron chi connectivity index (χ4n) is 2.28. The van der Waals surface area contributed by atoms with Gasteiger partial charge < -0.3 is 15.2 Å². The number of nitrogens with zero attached hydrogens (tertiary/aromatic N) is 1. The third-order valence-corrected chi connectivity index (χ3v) is 4.49. The SMILES string of the molecule is CCOc1ccccc1OCc1nc(C2CC2)c(CN)s1. The fourth-order valence-corrected chi connectivity index (χ4v) is 3.23. The van der Waals surface area contributed by atoms with E-state index in [9.17, 15) is 0 Å². The Labute approximate surface area is 128 Å². The van der Waals surface area contributed by atoms with Crippen molar-refractivity contribution in [3.63, 3.8) is 0 Å². The average molecular weight is 304 g/mol. The van der Waals surface area contributed by atoms with Crippen molar-refractivity contribution in [3.05, 3.63) is 39.8 Å². The molecule has 0 atom stereocenters. The van der Waals surface area contributed by atoms with E-state index in [1.807, 2.05) is 31.2 Å². The molecule has 1 aliphatic rings. The van der Waals surface area contributed by atoms with Gasteiger partial charge in [-0.2, -0.15) is 0 Å². The van der Waals surface area contributed by atoms with E-state index in [4.69, 9.17) is 20.2 Å². The van der Waals surface area contributed by atoms with Gasteiger partial charge in [-0.25, -0.2) is 4.98 Å². The number of rotatable bonds is 7. The standard InChI is InChI=1S/C16H20N2O2S/c1-2-19-12-5-3-4-6-13(12)20-10-15-18-16(11-7-8-11)14(9-17)21-15/h3-6,11H,2,7-10,17H2,1H3. The molecule has 1 aliphatic carbocycles. The number of para-hydroxylation sites is 2. The Morgan fingerprint density at radius 3 is 2.57 bits per heavy atom. The van der Waals surface area contributed by atoms with Gasteiger partial charge in [0.1, 0.15) is 11.6 Å². The van der Waals surface area contributed by atoms with Crippen LogP contribution in [0.1, 0.15) is 41.3 Å². The summed E-state index contributed by atoms with van der Waals surface area (Å²) in [5.74, 6) is 2.17. The van der Waals surface area contributed by atoms with Crippen LogP contribution in [0.2, 0.25) is 0 Å². The van der Waals surface area contributed by atoms with E-state index in [0.29, 0.717) is 25.7 Å². The third kappa shape index (κ3) is 3.36. The second-order valence-electron chi connectivity index (χ2n) is 5.06. The van der Waals surface area contributed by atoms with Gasteiger partial charge in [0.25, 0.3) is 0 Å². The molecule has 0 bridgehead atoms. The zero-order valence-corrected chi connectivity index (χ0v) is 13.0. The molecule has 4 nitrogen and oxygen atoms in total. The molecular weight excluding hydrogens is 284 g/mol. The van der Waals surface area contributed by atoms with Gasteiger partial charge in [-0.05, 0) is 31.9 Å². The first kappa shape index (κ1) is 14.4. The Bertz CT molecular complexity index is 608. The first-order valence-electron chi connectivity index (χ1n) is 7.35. The minimum atomic E-state index is 0.467. The summed E-state index contributed by atoms with van der Waals surface area (Å²) in [5.41, 5.74) is 7.00. The summed E-state index contributed by atoms with van der Waals surface area (Å²) >= 11 is 1.66. The molecular formula is C16H20N2O2S. The Kier molecular flexibility index (Phi) is 4.41. The molecule has 3 rings (SSSR count). The van der Waals surface area contributed by atoms with Crippen molar-refractivity contribution < 1.29 is 9.47 Å². The summed E-state index contributed by atoms with van der Waals surface area (Å²) in [6.45, 7) is 3.63. The minimum Gasteiger partial charge on any atom is -0.490 e. The number of aromatic nitrogens is 1. The molecule has 0 radical (unpaired) electrons. The number of benzene rings is 1. The smallest absolute Gasteiger partial charge is 0.161 e. The second-order valence-corrected chi connectivity index (χ2v) is 6.23. The zero-order valence-electron chi connectivity index (χ0n) is 12.2. The third-order valence-electron chi connectivity index (χ3n) is 3.42. The van der Waals surface area contributed by atoms with E-state index < -0.39 is 0 Å². The summed E-state index contributed by atoms with van der Waals surface area (Å²) in [7, 11) is 0. The van der Waals surface area contributed by atoms with Crippen LogP contribution in [0.5, 0.6) is 11.5 Å². The summed E-state index contributed by atoms with van der Waals surface area (Å²) in [4.78, 5) is 5.91. The van der Waals surface area contributed by atoms with Gasteiger partial charge in [-0.1, -0.05) is 12.1 Å². The van der Waals surface area contributed by atoms with E-state index in [2.05, 4.69) is 0 Å². The summed E-state index contributed by atoms with van der Waals surface area (Å²) in [5, 5.41) is 0.989. The number of ether oxygens (including phenoxy) is 2. The van der Waals surface area contributed by atoms with E-state index in [-0.39, 0.29) is 0 Å². The summed E-state index contributed by atoms with van der Waals surface area (Å²) in [6, 6.07) is 7.73. The van der Waals surface area contributed by atoms with Crippen molar-refractivity contribution in [1.82, 2.24) is 4.98 Å². The minimum absolute atomic E-state index is 0.467. The lowest BCUT2D eigenvalue weighted by molar-refractivity contribution is 0.269. The van der Waals surface area contributed by atoms with Crippen LogP contribution >= 0.6 is 11.3 Å². The van der Waals surface area contributed by atoms with Crippen molar-refractivity contribution in [2.45, 2.75) is 38.8 Å². The lowest BCUT2D eigenvalue weighted by atomic mass is 10.2. The van der Waals surface area contributed by atoms with Gasteiger partial charge >= 0.3 is 0 Å². The van der Waals surface area contributed by atoms with Gasteiger partial charge in [0.05, 0.1) is 12.3 Å². The maximum absolute atomic E-state index is 5.87. The zero-order chi connectivity index (χ0) is 14.7. The molecule has 1 aromatic heterocycles. The van der Waals surface area contributed by atoms with Crippen LogP contribution < -0.4 is 15.2 Å². The van der Waals surface area contributed by atoms with Crippen LogP contribution in [0, 0.1) is 0 Å². The molecule has 1 heterocycles. The second kappa shape index (κ2) is 6.45. The molecule has 0 unspecified atom stereocenters. The molecule has 1 aromatic carbocycles. The molecule has 0 aliphatic heterocycles. The normalized spacial score (nSPS) is 14.2. The lowest BCUT2D eigenvalue weighted by Crippen LogP contribution is -1.99. The molecule has 2 aromatic rings. The quantitative estimate of drug-likeness (QED) is 0.851. The molecule has 0 spiro atoms. The molecule has 1 fully saturated rings. The Morgan fingerprint density at radius 2 is 1.95 bits per heavy atom. The largest absolute Gasteiger partial charge is 0.490 e. The van der Waals surface area contributed by atoms with Crippen LogP contribution in [0.3, 0.4) is 0 Å². The van der Waals surface area contributed by atoms with Gasteiger partial charge in [0.15, 0.2) is 11.5 Å². The summed E-state index contributed by atoms with van der Waals surface area (Å²) < 4.78 is 11.4. The highest BCUT2D eigenvalue weighted by Gasteiger charge is 2.29. The van der Waals surface area contributed by atoms with Crippen LogP contribution in [0.15, 0.2) is 24.3 Å². The maximum Gasteiger partial charge on any atom is 0.161 e. The number of nitrogens with two attached hydrogens (primary N) is 1. The molecule has 0 saturated heterocycles. The van der Waals surface area contributed by atoms with Gasteiger partial charge in [-0.3, -0.25) is 0 Å². The first-order chi connectivity index (χ1) is 10.3. The van der Waals surface area contributed by atoms with Gasteiger partial charge in [0.2, 0.25) is 0 Å². The monoisotopic (exact) mass is 304 g/mol. The highest BCUT2D eigenvalue weighted by molar-refractivity contribution is 7.11. The van der Waals surface area contributed by atoms with Crippen molar-refractivity contribution >= 4 is 11.3 Å². The van der Waals surface area contributed by atoms with Crippen LogP contribution in [0.4, 0.5) is 0 Å². The number of hydrogen-bond donors (Lipinski definition) is 1. The van der Waals surface area contributed by atoms with Gasteiger partial charge in [0, 0.05) is 17.3 Å². The predicted octanol–water partition coefficient (Wildman–Crippen LogP) is 3.46. The highest BCUT2D eigenvalue weighted by Crippen LogP contribution is 2.42. The maximum atomic E-state index is 5.87. The van der Waals surface area contributed by atoms with E-state index in [1.165, 1.54) is 23.4 Å². The number of thiazole rings is 1. The Balaban J connectivity index is 1.70. The first-order valence-corrected chi connectivity index (χ1v) is 8.16. The van der Waals surface area contributed by atoms with Crippen LogP contribution in [-0.2, 0) is 13.2 Å². The molecule has 1 saturated carbocycles. The van der Waals surface area contributed by atoms with Crippen molar-refractivity contribution in [3.8, 4) is 11.5 Å². The average Bonchev–Trinajstić information content (AvgIpc) is 3.27. The molecule has 2 N–H and O–H groups in total. The number of hydrogen-bond acceptors (Lipinski definition) is 5. The van der Waals surface area contributed by atoms with E-state index in [0.717, 1.165) is 16.5 Å². The van der Waals surface area contributed by atoms with Crippen molar-refractivity contribution in [2.75, 3.05) is 6.61 Å². The predicted molar refractivity (Wildman–Crippen MR) is 83.9 cm³/mol. The Hall–Kier alpha value is -1.59. The van der Waals surface area contributed by atoms with Gasteiger partial charge in [-0.15, -0.1) is 11.3 Å². The molecule has 21 heavy (non-hydrogen) atoms. The summed E-state index contributed by atoms with van der Waals surface area (Å²) in [6.07, 6.45) is 2.48.